The summed E-state index contributed by atoms with van der Waals surface area (Å²) in [5.74, 6) is 0.848. The van der Waals surface area contributed by atoms with Gasteiger partial charge in [-0.15, -0.1) is 0 Å². The van der Waals surface area contributed by atoms with E-state index in [-0.39, 0.29) is 16.7 Å². The van der Waals surface area contributed by atoms with E-state index in [0.29, 0.717) is 24.9 Å². The first-order valence-electron chi connectivity index (χ1n) is 8.20. The number of hydrogen-bond acceptors (Lipinski definition) is 5. The number of anilines is 1. The molecule has 24 heavy (non-hydrogen) atoms. The highest BCUT2D eigenvalue weighted by Gasteiger charge is 2.42. The molecule has 1 aromatic rings. The second kappa shape index (κ2) is 5.96. The second-order valence-electron chi connectivity index (χ2n) is 7.58. The zero-order valence-corrected chi connectivity index (χ0v) is 14.3. The SMILES string of the molecule is CC(C)(C)OC(=O)N1C[C@@H]2CN(c3ccc([N+](=O)[O-])cc3)C[C@@H]2C1. The van der Waals surface area contributed by atoms with Crippen LogP contribution >= 0.6 is 0 Å². The minimum absolute atomic E-state index is 0.106. The van der Waals surface area contributed by atoms with Crippen molar-refractivity contribution in [2.24, 2.45) is 11.8 Å². The van der Waals surface area contributed by atoms with Gasteiger partial charge in [0.05, 0.1) is 4.92 Å². The molecule has 0 aliphatic carbocycles. The molecule has 0 saturated carbocycles. The van der Waals surface area contributed by atoms with E-state index in [1.165, 1.54) is 12.1 Å². The lowest BCUT2D eigenvalue weighted by Crippen LogP contribution is -2.37. The number of likely N-dealkylation sites (tertiary alicyclic amines) is 1. The van der Waals surface area contributed by atoms with Crippen molar-refractivity contribution in [3.05, 3.63) is 34.4 Å². The standard InChI is InChI=1S/C17H23N3O4/c1-17(2,3)24-16(21)19-10-12-8-18(9-13(12)11-19)14-4-6-15(7-5-14)20(22)23/h4-7,12-13H,8-11H2,1-3H3/t12-,13+. The number of carbonyl (C=O) groups excluding carboxylic acids is 1. The zero-order chi connectivity index (χ0) is 17.5. The molecule has 7 nitrogen and oxygen atoms in total. The molecule has 2 aliphatic rings. The Labute approximate surface area is 141 Å². The fourth-order valence-corrected chi connectivity index (χ4v) is 3.46. The van der Waals surface area contributed by atoms with Crippen LogP contribution in [-0.2, 0) is 4.74 Å². The summed E-state index contributed by atoms with van der Waals surface area (Å²) >= 11 is 0. The number of benzene rings is 1. The van der Waals surface area contributed by atoms with Gasteiger partial charge in [-0.1, -0.05) is 0 Å². The lowest BCUT2D eigenvalue weighted by molar-refractivity contribution is -0.384. The molecule has 1 amide bonds. The van der Waals surface area contributed by atoms with Crippen LogP contribution in [0.1, 0.15) is 20.8 Å². The van der Waals surface area contributed by atoms with Gasteiger partial charge in [-0.2, -0.15) is 0 Å². The van der Waals surface area contributed by atoms with Crippen molar-refractivity contribution in [3.8, 4) is 0 Å². The molecule has 2 aliphatic heterocycles. The summed E-state index contributed by atoms with van der Waals surface area (Å²) < 4.78 is 5.44. The minimum atomic E-state index is -0.473. The van der Waals surface area contributed by atoms with Crippen LogP contribution in [0.25, 0.3) is 0 Å². The molecule has 0 N–H and O–H groups in total. The summed E-state index contributed by atoms with van der Waals surface area (Å²) in [5, 5.41) is 10.7. The Morgan fingerprint density at radius 1 is 1.12 bits per heavy atom. The average molecular weight is 333 g/mol. The first-order chi connectivity index (χ1) is 11.2. The predicted octanol–water partition coefficient (Wildman–Crippen LogP) is 2.90. The largest absolute Gasteiger partial charge is 0.444 e. The highest BCUT2D eigenvalue weighted by Crippen LogP contribution is 2.35. The molecule has 0 bridgehead atoms. The molecule has 0 radical (unpaired) electrons. The van der Waals surface area contributed by atoms with Crippen LogP contribution < -0.4 is 4.90 Å². The molecule has 0 aromatic heterocycles. The predicted molar refractivity (Wildman–Crippen MR) is 90.1 cm³/mol. The summed E-state index contributed by atoms with van der Waals surface area (Å²) in [6.45, 7) is 8.77. The summed E-state index contributed by atoms with van der Waals surface area (Å²) in [5.41, 5.74) is 0.632. The first kappa shape index (κ1) is 16.5. The maximum absolute atomic E-state index is 12.2. The first-order valence-corrected chi connectivity index (χ1v) is 8.20. The van der Waals surface area contributed by atoms with Crippen LogP contribution in [0.2, 0.25) is 0 Å². The summed E-state index contributed by atoms with van der Waals surface area (Å²) in [4.78, 5) is 26.6. The number of hydrogen-bond donors (Lipinski definition) is 0. The van der Waals surface area contributed by atoms with Crippen LogP contribution in [-0.4, -0.2) is 47.7 Å². The lowest BCUT2D eigenvalue weighted by Gasteiger charge is -2.26. The van der Waals surface area contributed by atoms with Crippen LogP contribution in [0.4, 0.5) is 16.2 Å². The van der Waals surface area contributed by atoms with Gasteiger partial charge in [0.15, 0.2) is 0 Å². The summed E-state index contributed by atoms with van der Waals surface area (Å²) in [7, 11) is 0. The van der Waals surface area contributed by atoms with E-state index in [1.54, 1.807) is 17.0 Å². The van der Waals surface area contributed by atoms with Crippen molar-refractivity contribution in [1.82, 2.24) is 4.90 Å². The Balaban J connectivity index is 1.59. The number of non-ortho nitro benzene ring substituents is 1. The van der Waals surface area contributed by atoms with Crippen LogP contribution in [0.3, 0.4) is 0 Å². The number of carbonyl (C=O) groups is 1. The van der Waals surface area contributed by atoms with Gasteiger partial charge in [0, 0.05) is 55.8 Å². The van der Waals surface area contributed by atoms with E-state index in [9.17, 15) is 14.9 Å². The third-order valence-electron chi connectivity index (χ3n) is 4.56. The van der Waals surface area contributed by atoms with Crippen molar-refractivity contribution in [2.75, 3.05) is 31.1 Å². The minimum Gasteiger partial charge on any atom is -0.444 e. The number of ether oxygens (including phenoxy) is 1. The summed E-state index contributed by atoms with van der Waals surface area (Å²) in [6, 6.07) is 6.67. The smallest absolute Gasteiger partial charge is 0.410 e. The molecule has 2 atom stereocenters. The summed E-state index contributed by atoms with van der Waals surface area (Å²) in [6.07, 6.45) is -0.237. The fourth-order valence-electron chi connectivity index (χ4n) is 3.46. The average Bonchev–Trinajstić information content (AvgIpc) is 3.04. The second-order valence-corrected chi connectivity index (χ2v) is 7.58. The lowest BCUT2D eigenvalue weighted by atomic mass is 10.0. The molecule has 0 spiro atoms. The van der Waals surface area contributed by atoms with Gasteiger partial charge in [0.1, 0.15) is 5.60 Å². The highest BCUT2D eigenvalue weighted by molar-refractivity contribution is 5.68. The normalized spacial score (nSPS) is 23.3. The number of nitro groups is 1. The van der Waals surface area contributed by atoms with E-state index < -0.39 is 5.60 Å². The molecule has 1 aromatic carbocycles. The molecule has 3 rings (SSSR count). The third-order valence-corrected chi connectivity index (χ3v) is 4.56. The van der Waals surface area contributed by atoms with Gasteiger partial charge < -0.3 is 14.5 Å². The van der Waals surface area contributed by atoms with E-state index in [2.05, 4.69) is 4.90 Å². The van der Waals surface area contributed by atoms with Crippen molar-refractivity contribution in [3.63, 3.8) is 0 Å². The van der Waals surface area contributed by atoms with E-state index in [0.717, 1.165) is 18.8 Å². The fraction of sp³-hybridized carbons (Fsp3) is 0.588. The number of amides is 1. The van der Waals surface area contributed by atoms with Gasteiger partial charge in [0.25, 0.3) is 5.69 Å². The maximum Gasteiger partial charge on any atom is 0.410 e. The van der Waals surface area contributed by atoms with Gasteiger partial charge >= 0.3 is 6.09 Å². The highest BCUT2D eigenvalue weighted by atomic mass is 16.6. The number of fused-ring (bicyclic) bond motifs is 1. The Hall–Kier alpha value is -2.31. The van der Waals surface area contributed by atoms with Gasteiger partial charge in [-0.3, -0.25) is 10.1 Å². The molecular formula is C17H23N3O4. The Morgan fingerprint density at radius 3 is 2.12 bits per heavy atom. The maximum atomic E-state index is 12.2. The molecular weight excluding hydrogens is 310 g/mol. The van der Waals surface area contributed by atoms with Crippen LogP contribution in [0.15, 0.2) is 24.3 Å². The zero-order valence-electron chi connectivity index (χ0n) is 14.3. The molecule has 2 fully saturated rings. The van der Waals surface area contributed by atoms with Crippen molar-refractivity contribution in [2.45, 2.75) is 26.4 Å². The topological polar surface area (TPSA) is 75.9 Å². The number of nitrogens with zero attached hydrogens (tertiary/aromatic N) is 3. The van der Waals surface area contributed by atoms with Gasteiger partial charge in [0.2, 0.25) is 0 Å². The Kier molecular flexibility index (Phi) is 4.11. The van der Waals surface area contributed by atoms with Crippen molar-refractivity contribution in [1.29, 1.82) is 0 Å². The monoisotopic (exact) mass is 333 g/mol. The van der Waals surface area contributed by atoms with E-state index >= 15 is 0 Å². The van der Waals surface area contributed by atoms with Crippen molar-refractivity contribution < 1.29 is 14.5 Å². The molecule has 7 heteroatoms. The van der Waals surface area contributed by atoms with Gasteiger partial charge in [-0.25, -0.2) is 4.79 Å². The van der Waals surface area contributed by atoms with Gasteiger partial charge in [-0.05, 0) is 32.9 Å². The number of nitro benzene ring substituents is 1. The Bertz CT molecular complexity index is 624. The molecule has 0 unspecified atom stereocenters. The van der Waals surface area contributed by atoms with Crippen LogP contribution in [0.5, 0.6) is 0 Å². The third kappa shape index (κ3) is 3.44. The van der Waals surface area contributed by atoms with Crippen molar-refractivity contribution >= 4 is 17.5 Å². The molecule has 130 valence electrons. The number of rotatable bonds is 2. The van der Waals surface area contributed by atoms with E-state index in [4.69, 9.17) is 4.74 Å². The molecule has 2 saturated heterocycles. The van der Waals surface area contributed by atoms with E-state index in [1.807, 2.05) is 20.8 Å². The Morgan fingerprint density at radius 2 is 1.67 bits per heavy atom. The van der Waals surface area contributed by atoms with Crippen LogP contribution in [0, 0.1) is 22.0 Å². The quantitative estimate of drug-likeness (QED) is 0.614. The molecule has 2 heterocycles.